The van der Waals surface area contributed by atoms with E-state index in [1.165, 1.54) is 4.31 Å². The van der Waals surface area contributed by atoms with Crippen LogP contribution in [-0.4, -0.2) is 53.9 Å². The van der Waals surface area contributed by atoms with Gasteiger partial charge in [-0.05, 0) is 23.6 Å². The van der Waals surface area contributed by atoms with Crippen molar-refractivity contribution in [3.05, 3.63) is 41.5 Å². The summed E-state index contributed by atoms with van der Waals surface area (Å²) in [6, 6.07) is 7.17. The standard InChI is InChI=1S/C17H25N5O3S.ClH/c1-13(2)14-3-5-15(6-4-14)26(23,24)22-9-7-21(8-10-22)12-16-19-17(11-18)25-20-16;/h3-6,13H,7-12,18H2,1-2H3;1H. The highest BCUT2D eigenvalue weighted by atomic mass is 35.5. The van der Waals surface area contributed by atoms with Crippen LogP contribution in [-0.2, 0) is 23.1 Å². The normalized spacial score (nSPS) is 16.4. The second-order valence-corrected chi connectivity index (χ2v) is 8.65. The molecule has 1 saturated heterocycles. The molecule has 150 valence electrons. The lowest BCUT2D eigenvalue weighted by atomic mass is 10.0. The van der Waals surface area contributed by atoms with Crippen molar-refractivity contribution < 1.29 is 12.9 Å². The number of hydrogen-bond acceptors (Lipinski definition) is 7. The predicted molar refractivity (Wildman–Crippen MR) is 104 cm³/mol. The molecule has 0 atom stereocenters. The van der Waals surface area contributed by atoms with Crippen molar-refractivity contribution in [3.8, 4) is 0 Å². The zero-order valence-electron chi connectivity index (χ0n) is 15.5. The summed E-state index contributed by atoms with van der Waals surface area (Å²) in [4.78, 5) is 6.64. The third kappa shape index (κ3) is 5.05. The number of benzene rings is 1. The van der Waals surface area contributed by atoms with E-state index >= 15 is 0 Å². The number of nitrogens with two attached hydrogens (primary N) is 1. The molecular formula is C17H26ClN5O3S. The second kappa shape index (κ2) is 9.11. The molecule has 1 aliphatic heterocycles. The summed E-state index contributed by atoms with van der Waals surface area (Å²) < 4.78 is 32.2. The lowest BCUT2D eigenvalue weighted by Gasteiger charge is -2.33. The molecule has 3 rings (SSSR count). The van der Waals surface area contributed by atoms with Crippen LogP contribution in [0.3, 0.4) is 0 Å². The Bertz CT molecular complexity index is 831. The summed E-state index contributed by atoms with van der Waals surface area (Å²) in [5.41, 5.74) is 6.59. The highest BCUT2D eigenvalue weighted by Gasteiger charge is 2.29. The largest absolute Gasteiger partial charge is 0.338 e. The molecular weight excluding hydrogens is 390 g/mol. The van der Waals surface area contributed by atoms with Crippen molar-refractivity contribution in [1.82, 2.24) is 19.3 Å². The Labute approximate surface area is 166 Å². The summed E-state index contributed by atoms with van der Waals surface area (Å²) in [7, 11) is -3.46. The van der Waals surface area contributed by atoms with Crippen molar-refractivity contribution in [2.24, 2.45) is 5.73 Å². The smallest absolute Gasteiger partial charge is 0.243 e. The fourth-order valence-electron chi connectivity index (χ4n) is 2.94. The SMILES string of the molecule is CC(C)c1ccc(S(=O)(=O)N2CCN(Cc3noc(CN)n3)CC2)cc1.Cl. The molecule has 1 aromatic heterocycles. The third-order valence-electron chi connectivity index (χ3n) is 4.57. The Morgan fingerprint density at radius 3 is 2.30 bits per heavy atom. The topological polar surface area (TPSA) is 106 Å². The molecule has 0 unspecified atom stereocenters. The predicted octanol–water partition coefficient (Wildman–Crippen LogP) is 1.58. The molecule has 0 amide bonds. The van der Waals surface area contributed by atoms with E-state index in [2.05, 4.69) is 28.9 Å². The summed E-state index contributed by atoms with van der Waals surface area (Å²) >= 11 is 0. The number of aromatic nitrogens is 2. The molecule has 27 heavy (non-hydrogen) atoms. The van der Waals surface area contributed by atoms with Crippen molar-refractivity contribution in [1.29, 1.82) is 0 Å². The van der Waals surface area contributed by atoms with E-state index in [9.17, 15) is 8.42 Å². The van der Waals surface area contributed by atoms with Gasteiger partial charge in [-0.1, -0.05) is 31.1 Å². The monoisotopic (exact) mass is 415 g/mol. The van der Waals surface area contributed by atoms with Gasteiger partial charge in [0.25, 0.3) is 0 Å². The lowest BCUT2D eigenvalue weighted by Crippen LogP contribution is -2.48. The van der Waals surface area contributed by atoms with Crippen molar-refractivity contribution in [2.45, 2.75) is 37.8 Å². The van der Waals surface area contributed by atoms with E-state index in [0.717, 1.165) is 5.56 Å². The molecule has 0 bridgehead atoms. The number of rotatable bonds is 6. The van der Waals surface area contributed by atoms with E-state index in [-0.39, 0.29) is 19.0 Å². The van der Waals surface area contributed by atoms with Crippen LogP contribution in [0.1, 0.15) is 37.0 Å². The van der Waals surface area contributed by atoms with Crippen molar-refractivity contribution in [2.75, 3.05) is 26.2 Å². The van der Waals surface area contributed by atoms with Gasteiger partial charge in [0, 0.05) is 26.2 Å². The first-order chi connectivity index (χ1) is 12.4. The van der Waals surface area contributed by atoms with E-state index in [1.54, 1.807) is 12.1 Å². The van der Waals surface area contributed by atoms with Gasteiger partial charge in [0.05, 0.1) is 18.0 Å². The Morgan fingerprint density at radius 2 is 1.78 bits per heavy atom. The summed E-state index contributed by atoms with van der Waals surface area (Å²) in [6.07, 6.45) is 0. The minimum absolute atomic E-state index is 0. The molecule has 1 aliphatic rings. The molecule has 2 N–H and O–H groups in total. The highest BCUT2D eigenvalue weighted by Crippen LogP contribution is 2.21. The van der Waals surface area contributed by atoms with Gasteiger partial charge in [-0.3, -0.25) is 4.90 Å². The van der Waals surface area contributed by atoms with E-state index in [1.807, 2.05) is 12.1 Å². The molecule has 2 heterocycles. The van der Waals surface area contributed by atoms with Crippen LogP contribution in [0.15, 0.2) is 33.7 Å². The van der Waals surface area contributed by atoms with Gasteiger partial charge in [0.2, 0.25) is 15.9 Å². The molecule has 0 saturated carbocycles. The lowest BCUT2D eigenvalue weighted by molar-refractivity contribution is 0.176. The minimum atomic E-state index is -3.46. The fourth-order valence-corrected chi connectivity index (χ4v) is 4.36. The summed E-state index contributed by atoms with van der Waals surface area (Å²) in [5.74, 6) is 1.36. The quantitative estimate of drug-likeness (QED) is 0.763. The molecule has 0 radical (unpaired) electrons. The first-order valence-electron chi connectivity index (χ1n) is 8.74. The first kappa shape index (κ1) is 21.8. The molecule has 10 heteroatoms. The first-order valence-corrected chi connectivity index (χ1v) is 10.2. The van der Waals surface area contributed by atoms with Crippen LogP contribution in [0.5, 0.6) is 0 Å². The number of nitrogens with zero attached hydrogens (tertiary/aromatic N) is 4. The van der Waals surface area contributed by atoms with Gasteiger partial charge in [-0.2, -0.15) is 9.29 Å². The molecule has 0 aliphatic carbocycles. The second-order valence-electron chi connectivity index (χ2n) is 6.71. The average molecular weight is 416 g/mol. The Balaban J connectivity index is 0.00000261. The van der Waals surface area contributed by atoms with Crippen LogP contribution in [0, 0.1) is 0 Å². The van der Waals surface area contributed by atoms with Gasteiger partial charge in [0.1, 0.15) is 0 Å². The zero-order chi connectivity index (χ0) is 18.7. The van der Waals surface area contributed by atoms with E-state index < -0.39 is 10.0 Å². The van der Waals surface area contributed by atoms with Crippen LogP contribution < -0.4 is 5.73 Å². The maximum absolute atomic E-state index is 12.8. The van der Waals surface area contributed by atoms with Gasteiger partial charge >= 0.3 is 0 Å². The summed E-state index contributed by atoms with van der Waals surface area (Å²) in [6.45, 7) is 7.04. The maximum Gasteiger partial charge on any atom is 0.243 e. The van der Waals surface area contributed by atoms with E-state index in [0.29, 0.717) is 55.3 Å². The molecule has 1 fully saturated rings. The molecule has 8 nitrogen and oxygen atoms in total. The van der Waals surface area contributed by atoms with Crippen molar-refractivity contribution >= 4 is 22.4 Å². The maximum atomic E-state index is 12.8. The zero-order valence-corrected chi connectivity index (χ0v) is 17.2. The third-order valence-corrected chi connectivity index (χ3v) is 6.48. The van der Waals surface area contributed by atoms with Crippen LogP contribution in [0.4, 0.5) is 0 Å². The minimum Gasteiger partial charge on any atom is -0.338 e. The van der Waals surface area contributed by atoms with Crippen LogP contribution in [0.2, 0.25) is 0 Å². The highest BCUT2D eigenvalue weighted by molar-refractivity contribution is 7.89. The molecule has 1 aromatic carbocycles. The Hall–Kier alpha value is -1.52. The van der Waals surface area contributed by atoms with Gasteiger partial charge in [-0.25, -0.2) is 8.42 Å². The van der Waals surface area contributed by atoms with Gasteiger partial charge in [0.15, 0.2) is 5.82 Å². The van der Waals surface area contributed by atoms with Crippen LogP contribution in [0.25, 0.3) is 0 Å². The van der Waals surface area contributed by atoms with Gasteiger partial charge < -0.3 is 10.3 Å². The van der Waals surface area contributed by atoms with Crippen molar-refractivity contribution in [3.63, 3.8) is 0 Å². The van der Waals surface area contributed by atoms with E-state index in [4.69, 9.17) is 10.3 Å². The number of sulfonamides is 1. The number of piperazine rings is 1. The molecule has 0 spiro atoms. The fraction of sp³-hybridized carbons (Fsp3) is 0.529. The summed E-state index contributed by atoms with van der Waals surface area (Å²) in [5, 5.41) is 3.88. The van der Waals surface area contributed by atoms with Gasteiger partial charge in [-0.15, -0.1) is 12.4 Å². The molecule has 2 aromatic rings. The van der Waals surface area contributed by atoms with Crippen LogP contribution >= 0.6 is 12.4 Å². The Kier molecular flexibility index (Phi) is 7.35. The average Bonchev–Trinajstić information content (AvgIpc) is 3.10. The number of hydrogen-bond donors (Lipinski definition) is 1. The number of halogens is 1. The Morgan fingerprint density at radius 1 is 1.15 bits per heavy atom.